The van der Waals surface area contributed by atoms with Gasteiger partial charge in [-0.25, -0.2) is 0 Å². The molecule has 0 saturated heterocycles. The summed E-state index contributed by atoms with van der Waals surface area (Å²) in [5.41, 5.74) is 7.37. The summed E-state index contributed by atoms with van der Waals surface area (Å²) in [4.78, 5) is 17.2. The highest BCUT2D eigenvalue weighted by Crippen LogP contribution is 2.35. The molecule has 0 amide bonds. The van der Waals surface area contributed by atoms with E-state index in [-0.39, 0.29) is 6.42 Å². The van der Waals surface area contributed by atoms with Crippen molar-refractivity contribution in [2.45, 2.75) is 39.8 Å². The Morgan fingerprint density at radius 3 is 2.03 bits per heavy atom. The fourth-order valence-electron chi connectivity index (χ4n) is 2.51. The van der Waals surface area contributed by atoms with Gasteiger partial charge in [-0.15, -0.1) is 0 Å². The van der Waals surface area contributed by atoms with Crippen LogP contribution in [-0.4, -0.2) is 46.6 Å². The number of nitrogens with zero attached hydrogens (tertiary/aromatic N) is 2. The summed E-state index contributed by atoms with van der Waals surface area (Å²) in [5, 5.41) is 8.87. The van der Waals surface area contributed by atoms with Gasteiger partial charge < -0.3 is 20.5 Å². The van der Waals surface area contributed by atoms with Gasteiger partial charge in [-0.2, -0.15) is 0 Å². The van der Waals surface area contributed by atoms with E-state index < -0.39 is 12.0 Å². The van der Waals surface area contributed by atoms with Gasteiger partial charge in [0.05, 0.1) is 8.95 Å². The molecule has 0 spiro atoms. The van der Waals surface area contributed by atoms with Crippen LogP contribution in [0.25, 0.3) is 0 Å². The second-order valence-corrected chi connectivity index (χ2v) is 8.01. The number of carboxylic acid groups (broad SMARTS) is 1. The highest BCUT2D eigenvalue weighted by Gasteiger charge is 2.15. The van der Waals surface area contributed by atoms with E-state index in [1.807, 2.05) is 24.3 Å². The standard InChI is InChI=1S/C15H14Br2N2O3.C6H15N/c16-11-5-10(7-13(18)15(20)21)6-12(17)14(11)22-8-9-1-3-19-4-2-9;1-4-7(5-2)6-3/h1-6,13H,7-8,18H2,(H,20,21);4-6H2,1-3H3. The van der Waals surface area contributed by atoms with E-state index in [1.54, 1.807) is 12.4 Å². The molecule has 6 nitrogen and oxygen atoms in total. The van der Waals surface area contributed by atoms with Crippen LogP contribution in [0, 0.1) is 0 Å². The number of nitrogens with two attached hydrogens (primary N) is 1. The number of pyridine rings is 1. The summed E-state index contributed by atoms with van der Waals surface area (Å²) in [7, 11) is 0. The normalized spacial score (nSPS) is 11.6. The smallest absolute Gasteiger partial charge is 0.320 e. The van der Waals surface area contributed by atoms with E-state index in [2.05, 4.69) is 62.5 Å². The maximum absolute atomic E-state index is 10.8. The third kappa shape index (κ3) is 9.25. The Labute approximate surface area is 189 Å². The third-order valence-electron chi connectivity index (χ3n) is 4.31. The number of benzene rings is 1. The molecule has 3 N–H and O–H groups in total. The van der Waals surface area contributed by atoms with Gasteiger partial charge in [0.15, 0.2) is 0 Å². The van der Waals surface area contributed by atoms with Gasteiger partial charge >= 0.3 is 5.97 Å². The zero-order valence-corrected chi connectivity index (χ0v) is 20.2. The molecule has 29 heavy (non-hydrogen) atoms. The van der Waals surface area contributed by atoms with Crippen molar-refractivity contribution in [3.8, 4) is 5.75 Å². The second kappa shape index (κ2) is 13.7. The summed E-state index contributed by atoms with van der Waals surface area (Å²) in [6.45, 7) is 10.5. The van der Waals surface area contributed by atoms with Crippen LogP contribution in [-0.2, 0) is 17.8 Å². The number of carboxylic acids is 1. The van der Waals surface area contributed by atoms with Crippen LogP contribution in [0.1, 0.15) is 31.9 Å². The van der Waals surface area contributed by atoms with Crippen molar-refractivity contribution in [3.05, 3.63) is 56.7 Å². The molecule has 0 aliphatic heterocycles. The zero-order valence-electron chi connectivity index (χ0n) is 17.1. The lowest BCUT2D eigenvalue weighted by atomic mass is 10.1. The highest BCUT2D eigenvalue weighted by molar-refractivity contribution is 9.11. The van der Waals surface area contributed by atoms with Crippen molar-refractivity contribution in [2.24, 2.45) is 5.73 Å². The summed E-state index contributed by atoms with van der Waals surface area (Å²) < 4.78 is 7.27. The number of ether oxygens (including phenoxy) is 1. The molecule has 2 rings (SSSR count). The van der Waals surface area contributed by atoms with Gasteiger partial charge in [0, 0.05) is 12.4 Å². The average Bonchev–Trinajstić information content (AvgIpc) is 2.70. The van der Waals surface area contributed by atoms with Gasteiger partial charge in [-0.3, -0.25) is 9.78 Å². The predicted molar refractivity (Wildman–Crippen MR) is 123 cm³/mol. The lowest BCUT2D eigenvalue weighted by Crippen LogP contribution is -2.32. The fourth-order valence-corrected chi connectivity index (χ4v) is 4.02. The molecule has 0 aliphatic rings. The van der Waals surface area contributed by atoms with E-state index in [0.717, 1.165) is 20.1 Å². The maximum atomic E-state index is 10.8. The van der Waals surface area contributed by atoms with Crippen molar-refractivity contribution in [3.63, 3.8) is 0 Å². The number of hydrogen-bond acceptors (Lipinski definition) is 5. The molecule has 1 atom stereocenters. The van der Waals surface area contributed by atoms with E-state index in [0.29, 0.717) is 12.4 Å². The number of halogens is 2. The van der Waals surface area contributed by atoms with Crippen LogP contribution in [0.2, 0.25) is 0 Å². The zero-order chi connectivity index (χ0) is 21.8. The molecule has 1 heterocycles. The monoisotopic (exact) mass is 529 g/mol. The Morgan fingerprint density at radius 2 is 1.62 bits per heavy atom. The first kappa shape index (κ1) is 25.6. The number of carbonyl (C=O) groups is 1. The van der Waals surface area contributed by atoms with Gasteiger partial charge in [0.25, 0.3) is 0 Å². The summed E-state index contributed by atoms with van der Waals surface area (Å²) >= 11 is 6.89. The predicted octanol–water partition coefficient (Wildman–Crippen LogP) is 4.49. The molecule has 0 fully saturated rings. The molecule has 0 aliphatic carbocycles. The molecule has 1 aromatic carbocycles. The highest BCUT2D eigenvalue weighted by atomic mass is 79.9. The van der Waals surface area contributed by atoms with Crippen LogP contribution < -0.4 is 10.5 Å². The lowest BCUT2D eigenvalue weighted by molar-refractivity contribution is -0.138. The van der Waals surface area contributed by atoms with Crippen LogP contribution >= 0.6 is 31.9 Å². The summed E-state index contributed by atoms with van der Waals surface area (Å²) in [5.74, 6) is -0.366. The molecule has 8 heteroatoms. The molecule has 1 aromatic heterocycles. The molecule has 0 saturated carbocycles. The SMILES string of the molecule is CCN(CC)CC.NC(Cc1cc(Br)c(OCc2ccncc2)c(Br)c1)C(=O)O. The molecule has 2 aromatic rings. The minimum atomic E-state index is -1.02. The van der Waals surface area contributed by atoms with Gasteiger partial charge in [-0.1, -0.05) is 20.8 Å². The van der Waals surface area contributed by atoms with E-state index in [1.165, 1.54) is 19.6 Å². The van der Waals surface area contributed by atoms with Crippen LogP contribution in [0.5, 0.6) is 5.75 Å². The molecular weight excluding hydrogens is 502 g/mol. The van der Waals surface area contributed by atoms with Crippen LogP contribution in [0.3, 0.4) is 0 Å². The number of aromatic nitrogens is 1. The first-order chi connectivity index (χ1) is 13.8. The first-order valence-corrected chi connectivity index (χ1v) is 11.1. The maximum Gasteiger partial charge on any atom is 0.320 e. The van der Waals surface area contributed by atoms with Gasteiger partial charge in [-0.05, 0) is 93.3 Å². The van der Waals surface area contributed by atoms with Crippen LogP contribution in [0.15, 0.2) is 45.6 Å². The number of rotatable bonds is 9. The lowest BCUT2D eigenvalue weighted by Gasteiger charge is -2.13. The molecular formula is C21H29Br2N3O3. The Bertz CT molecular complexity index is 728. The first-order valence-electron chi connectivity index (χ1n) is 9.52. The topological polar surface area (TPSA) is 88.7 Å². The van der Waals surface area contributed by atoms with E-state index in [4.69, 9.17) is 15.6 Å². The van der Waals surface area contributed by atoms with Crippen molar-refractivity contribution < 1.29 is 14.6 Å². The Balaban J connectivity index is 0.000000516. The van der Waals surface area contributed by atoms with Gasteiger partial charge in [0.2, 0.25) is 0 Å². The Hall–Kier alpha value is -1.48. The van der Waals surface area contributed by atoms with Crippen molar-refractivity contribution in [2.75, 3.05) is 19.6 Å². The van der Waals surface area contributed by atoms with E-state index >= 15 is 0 Å². The third-order valence-corrected chi connectivity index (χ3v) is 5.48. The minimum Gasteiger partial charge on any atom is -0.487 e. The quantitative estimate of drug-likeness (QED) is 0.496. The minimum absolute atomic E-state index is 0.247. The largest absolute Gasteiger partial charge is 0.487 e. The molecule has 0 radical (unpaired) electrons. The number of aliphatic carboxylic acids is 1. The summed E-state index contributed by atoms with van der Waals surface area (Å²) in [6, 6.07) is 6.46. The summed E-state index contributed by atoms with van der Waals surface area (Å²) in [6.07, 6.45) is 3.66. The van der Waals surface area contributed by atoms with E-state index in [9.17, 15) is 4.79 Å². The average molecular weight is 531 g/mol. The second-order valence-electron chi connectivity index (χ2n) is 6.30. The molecule has 1 unspecified atom stereocenters. The van der Waals surface area contributed by atoms with Gasteiger partial charge in [0.1, 0.15) is 18.4 Å². The van der Waals surface area contributed by atoms with Crippen molar-refractivity contribution >= 4 is 37.8 Å². The Kier molecular flexibility index (Phi) is 12.1. The van der Waals surface area contributed by atoms with Crippen LogP contribution in [0.4, 0.5) is 0 Å². The Morgan fingerprint density at radius 1 is 1.10 bits per heavy atom. The molecule has 160 valence electrons. The fraction of sp³-hybridized carbons (Fsp3) is 0.429. The number of hydrogen-bond donors (Lipinski definition) is 2. The van der Waals surface area contributed by atoms with Crippen molar-refractivity contribution in [1.82, 2.24) is 9.88 Å². The van der Waals surface area contributed by atoms with Crippen molar-refractivity contribution in [1.29, 1.82) is 0 Å². The molecule has 0 bridgehead atoms.